The molecular formula is C10H14OS2. The van der Waals surface area contributed by atoms with Crippen molar-refractivity contribution in [1.29, 1.82) is 0 Å². The van der Waals surface area contributed by atoms with E-state index in [0.717, 1.165) is 15.9 Å². The van der Waals surface area contributed by atoms with Crippen molar-refractivity contribution < 1.29 is 4.21 Å². The van der Waals surface area contributed by atoms with Crippen LogP contribution in [0.5, 0.6) is 0 Å². The summed E-state index contributed by atoms with van der Waals surface area (Å²) in [5.41, 5.74) is 0. The highest BCUT2D eigenvalue weighted by Crippen LogP contribution is 2.27. The Morgan fingerprint density at radius 3 is 2.85 bits per heavy atom. The summed E-state index contributed by atoms with van der Waals surface area (Å²) in [5, 5.41) is 2.00. The van der Waals surface area contributed by atoms with E-state index < -0.39 is 10.8 Å². The molecule has 1 nitrogen and oxygen atoms in total. The molecule has 72 valence electrons. The summed E-state index contributed by atoms with van der Waals surface area (Å²) >= 11 is 1.61. The van der Waals surface area contributed by atoms with E-state index in [9.17, 15) is 4.21 Å². The van der Waals surface area contributed by atoms with Gasteiger partial charge in [0.15, 0.2) is 0 Å². The fourth-order valence-electron chi connectivity index (χ4n) is 1.87. The van der Waals surface area contributed by atoms with E-state index in [1.54, 1.807) is 11.3 Å². The molecule has 0 N–H and O–H groups in total. The Kier molecular flexibility index (Phi) is 3.17. The van der Waals surface area contributed by atoms with Crippen molar-refractivity contribution in [2.75, 3.05) is 5.75 Å². The lowest BCUT2D eigenvalue weighted by molar-refractivity contribution is 0.605. The Balaban J connectivity index is 1.91. The Bertz CT molecular complexity index is 273. The van der Waals surface area contributed by atoms with E-state index in [1.165, 1.54) is 25.7 Å². The van der Waals surface area contributed by atoms with Crippen LogP contribution in [0.4, 0.5) is 0 Å². The number of hydrogen-bond donors (Lipinski definition) is 0. The SMILES string of the molecule is O=S(CC1CCCC1)c1cccs1. The molecule has 0 aliphatic heterocycles. The van der Waals surface area contributed by atoms with Crippen molar-refractivity contribution >= 4 is 22.1 Å². The molecule has 13 heavy (non-hydrogen) atoms. The summed E-state index contributed by atoms with van der Waals surface area (Å²) in [7, 11) is -0.724. The van der Waals surface area contributed by atoms with Gasteiger partial charge in [-0.3, -0.25) is 4.21 Å². The summed E-state index contributed by atoms with van der Waals surface area (Å²) in [4.78, 5) is 0. The van der Waals surface area contributed by atoms with E-state index in [4.69, 9.17) is 0 Å². The zero-order chi connectivity index (χ0) is 9.10. The molecule has 0 spiro atoms. The summed E-state index contributed by atoms with van der Waals surface area (Å²) in [5.74, 6) is 1.61. The Labute approximate surface area is 85.6 Å². The highest BCUT2D eigenvalue weighted by Gasteiger charge is 2.18. The van der Waals surface area contributed by atoms with Gasteiger partial charge in [0, 0.05) is 5.75 Å². The molecule has 0 amide bonds. The quantitative estimate of drug-likeness (QED) is 0.756. The third-order valence-electron chi connectivity index (χ3n) is 2.58. The molecule has 1 saturated carbocycles. The maximum absolute atomic E-state index is 11.8. The monoisotopic (exact) mass is 214 g/mol. The molecule has 0 radical (unpaired) electrons. The minimum atomic E-state index is -0.724. The number of hydrogen-bond acceptors (Lipinski definition) is 2. The van der Waals surface area contributed by atoms with E-state index in [0.29, 0.717) is 0 Å². The topological polar surface area (TPSA) is 17.1 Å². The van der Waals surface area contributed by atoms with Crippen molar-refractivity contribution in [3.63, 3.8) is 0 Å². The fraction of sp³-hybridized carbons (Fsp3) is 0.600. The second-order valence-corrected chi connectivity index (χ2v) is 6.27. The molecule has 1 atom stereocenters. The molecule has 0 aromatic carbocycles. The zero-order valence-electron chi connectivity index (χ0n) is 7.57. The minimum Gasteiger partial charge on any atom is -0.254 e. The molecule has 1 aromatic heterocycles. The maximum atomic E-state index is 11.8. The lowest BCUT2D eigenvalue weighted by atomic mass is 10.1. The first-order chi connectivity index (χ1) is 6.36. The van der Waals surface area contributed by atoms with Crippen molar-refractivity contribution in [3.8, 4) is 0 Å². The van der Waals surface area contributed by atoms with Crippen molar-refractivity contribution in [2.45, 2.75) is 29.9 Å². The van der Waals surface area contributed by atoms with Gasteiger partial charge in [-0.1, -0.05) is 18.9 Å². The highest BCUT2D eigenvalue weighted by molar-refractivity contribution is 7.87. The normalized spacial score (nSPS) is 20.6. The van der Waals surface area contributed by atoms with Gasteiger partial charge in [0.1, 0.15) is 0 Å². The first-order valence-electron chi connectivity index (χ1n) is 4.78. The van der Waals surface area contributed by atoms with E-state index in [2.05, 4.69) is 0 Å². The Hall–Kier alpha value is -0.150. The fourth-order valence-corrected chi connectivity index (χ4v) is 4.27. The number of rotatable bonds is 3. The van der Waals surface area contributed by atoms with Crippen molar-refractivity contribution in [2.24, 2.45) is 5.92 Å². The van der Waals surface area contributed by atoms with Crippen LogP contribution in [-0.2, 0) is 10.8 Å². The van der Waals surface area contributed by atoms with Gasteiger partial charge < -0.3 is 0 Å². The lowest BCUT2D eigenvalue weighted by Crippen LogP contribution is -2.06. The highest BCUT2D eigenvalue weighted by atomic mass is 32.2. The Morgan fingerprint density at radius 2 is 2.23 bits per heavy atom. The molecule has 1 fully saturated rings. The molecule has 3 heteroatoms. The van der Waals surface area contributed by atoms with E-state index >= 15 is 0 Å². The largest absolute Gasteiger partial charge is 0.254 e. The van der Waals surface area contributed by atoms with Crippen molar-refractivity contribution in [1.82, 2.24) is 0 Å². The van der Waals surface area contributed by atoms with Crippen LogP contribution in [0.25, 0.3) is 0 Å². The third kappa shape index (κ3) is 2.41. The lowest BCUT2D eigenvalue weighted by Gasteiger charge is -2.06. The van der Waals surface area contributed by atoms with Crippen LogP contribution < -0.4 is 0 Å². The number of thiophene rings is 1. The molecular weight excluding hydrogens is 200 g/mol. The van der Waals surface area contributed by atoms with E-state index in [1.807, 2.05) is 17.5 Å². The maximum Gasteiger partial charge on any atom is 0.0910 e. The second kappa shape index (κ2) is 4.38. The molecule has 2 rings (SSSR count). The zero-order valence-corrected chi connectivity index (χ0v) is 9.20. The third-order valence-corrected chi connectivity index (χ3v) is 5.45. The van der Waals surface area contributed by atoms with Crippen LogP contribution in [0.2, 0.25) is 0 Å². The van der Waals surface area contributed by atoms with Crippen LogP contribution >= 0.6 is 11.3 Å². The van der Waals surface area contributed by atoms with Gasteiger partial charge in [0.05, 0.1) is 15.0 Å². The van der Waals surface area contributed by atoms with Gasteiger partial charge in [0.2, 0.25) is 0 Å². The minimum absolute atomic E-state index is 0.724. The molecule has 1 heterocycles. The molecule has 1 unspecified atom stereocenters. The molecule has 0 bridgehead atoms. The standard InChI is InChI=1S/C10H14OS2/c11-13(10-6-3-7-12-10)8-9-4-1-2-5-9/h3,6-7,9H,1-2,4-5,8H2. The van der Waals surface area contributed by atoms with Gasteiger partial charge in [-0.05, 0) is 30.2 Å². The van der Waals surface area contributed by atoms with Crippen LogP contribution in [0.3, 0.4) is 0 Å². The van der Waals surface area contributed by atoms with Crippen molar-refractivity contribution in [3.05, 3.63) is 17.5 Å². The van der Waals surface area contributed by atoms with Gasteiger partial charge in [-0.25, -0.2) is 0 Å². The molecule has 0 saturated heterocycles. The van der Waals surface area contributed by atoms with Crippen LogP contribution in [-0.4, -0.2) is 9.96 Å². The van der Waals surface area contributed by atoms with Crippen LogP contribution in [0.1, 0.15) is 25.7 Å². The molecule has 1 aliphatic carbocycles. The summed E-state index contributed by atoms with van der Waals surface area (Å²) in [6, 6.07) is 3.96. The summed E-state index contributed by atoms with van der Waals surface area (Å²) < 4.78 is 12.8. The average Bonchev–Trinajstić information content (AvgIpc) is 2.74. The molecule has 1 aromatic rings. The van der Waals surface area contributed by atoms with Gasteiger partial charge in [0.25, 0.3) is 0 Å². The molecule has 1 aliphatic rings. The Morgan fingerprint density at radius 1 is 1.46 bits per heavy atom. The predicted molar refractivity (Wildman–Crippen MR) is 57.6 cm³/mol. The van der Waals surface area contributed by atoms with Crippen LogP contribution in [0, 0.1) is 5.92 Å². The van der Waals surface area contributed by atoms with Gasteiger partial charge in [-0.2, -0.15) is 0 Å². The van der Waals surface area contributed by atoms with Crippen LogP contribution in [0.15, 0.2) is 21.7 Å². The smallest absolute Gasteiger partial charge is 0.0910 e. The average molecular weight is 214 g/mol. The summed E-state index contributed by atoms with van der Waals surface area (Å²) in [6.07, 6.45) is 5.26. The van der Waals surface area contributed by atoms with E-state index in [-0.39, 0.29) is 0 Å². The first kappa shape index (κ1) is 9.41. The second-order valence-electron chi connectivity index (χ2n) is 3.59. The van der Waals surface area contributed by atoms with Gasteiger partial charge >= 0.3 is 0 Å². The first-order valence-corrected chi connectivity index (χ1v) is 6.98. The predicted octanol–water partition coefficient (Wildman–Crippen LogP) is 3.05. The van der Waals surface area contributed by atoms with Gasteiger partial charge in [-0.15, -0.1) is 11.3 Å². The summed E-state index contributed by atoms with van der Waals surface area (Å²) in [6.45, 7) is 0.